The number of hydrogen-bond acceptors (Lipinski definition) is 2. The molecule has 0 aromatic rings. The Labute approximate surface area is 46.1 Å². The molecule has 0 saturated carbocycles. The summed E-state index contributed by atoms with van der Waals surface area (Å²) >= 11 is 1.24. The molecule has 40 valence electrons. The van der Waals surface area contributed by atoms with Crippen LogP contribution in [0.1, 0.15) is 6.92 Å². The van der Waals surface area contributed by atoms with E-state index in [0.29, 0.717) is 0 Å². The van der Waals surface area contributed by atoms with Gasteiger partial charge in [0.1, 0.15) is 5.37 Å². The maximum absolute atomic E-state index is 9.90. The van der Waals surface area contributed by atoms with E-state index in [2.05, 4.69) is 10.1 Å². The van der Waals surface area contributed by atoms with Gasteiger partial charge in [-0.1, -0.05) is 11.2 Å². The highest BCUT2D eigenvalue weighted by molar-refractivity contribution is 7.87. The second-order valence-corrected chi connectivity index (χ2v) is 1.46. The van der Waals surface area contributed by atoms with Crippen molar-refractivity contribution in [2.24, 2.45) is 0 Å². The summed E-state index contributed by atoms with van der Waals surface area (Å²) in [6.07, 6.45) is 1.77. The Balaban J connectivity index is 3.26. The average Bonchev–Trinajstić information content (AvgIpc) is 1.61. The van der Waals surface area contributed by atoms with Crippen molar-refractivity contribution in [2.45, 2.75) is 6.92 Å². The third-order valence-corrected chi connectivity index (χ3v) is 0.519. The van der Waals surface area contributed by atoms with Crippen LogP contribution in [0.5, 0.6) is 0 Å². The summed E-state index contributed by atoms with van der Waals surface area (Å²) in [6.45, 7) is 1.34. The van der Waals surface area contributed by atoms with Gasteiger partial charge in [-0.2, -0.15) is 0 Å². The molecular weight excluding hydrogens is 112 g/mol. The maximum atomic E-state index is 9.90. The number of hydrogen-bond donors (Lipinski definition) is 0. The lowest BCUT2D eigenvalue weighted by molar-refractivity contribution is -0.134. The van der Waals surface area contributed by atoms with Gasteiger partial charge in [-0.15, -0.1) is 0 Å². The molecule has 0 aromatic carbocycles. The fourth-order valence-corrected chi connectivity index (χ4v) is 0.301. The van der Waals surface area contributed by atoms with Crippen molar-refractivity contribution in [1.82, 2.24) is 0 Å². The molecule has 0 aromatic heterocycles. The van der Waals surface area contributed by atoms with Crippen LogP contribution < -0.4 is 0 Å². The predicted octanol–water partition coefficient (Wildman–Crippen LogP) is 0.829. The topological polar surface area (TPSA) is 26.3 Å². The van der Waals surface area contributed by atoms with Gasteiger partial charge in [-0.05, 0) is 0 Å². The van der Waals surface area contributed by atoms with Crippen LogP contribution >= 0.6 is 11.2 Å². The minimum Gasteiger partial charge on any atom is -0.370 e. The molecule has 0 saturated heterocycles. The Morgan fingerprint density at radius 1 is 1.86 bits per heavy atom. The van der Waals surface area contributed by atoms with Crippen molar-refractivity contribution in [3.05, 3.63) is 0 Å². The normalized spacial score (nSPS) is 6.57. The molecule has 3 heteroatoms. The fourth-order valence-electron chi connectivity index (χ4n) is 0.100. The molecule has 0 heterocycles. The van der Waals surface area contributed by atoms with Crippen molar-refractivity contribution >= 4 is 17.1 Å². The standard InChI is InChI=1S/C4H6O2S/c1-4(5)6-3-7-2/h1-2H3. The number of rotatable bonds is 0. The highest BCUT2D eigenvalue weighted by atomic mass is 32.1. The van der Waals surface area contributed by atoms with Crippen LogP contribution in [0.4, 0.5) is 0 Å². The van der Waals surface area contributed by atoms with Crippen LogP contribution in [-0.4, -0.2) is 12.2 Å². The van der Waals surface area contributed by atoms with Crippen LogP contribution in [0.2, 0.25) is 0 Å². The van der Waals surface area contributed by atoms with E-state index in [1.165, 1.54) is 18.1 Å². The zero-order valence-corrected chi connectivity index (χ0v) is 5.04. The molecule has 0 N–H and O–H groups in total. The summed E-state index contributed by atoms with van der Waals surface area (Å²) in [6, 6.07) is 0. The summed E-state index contributed by atoms with van der Waals surface area (Å²) in [4.78, 5) is 9.90. The lowest BCUT2D eigenvalue weighted by Gasteiger charge is -1.79. The smallest absolute Gasteiger partial charge is 0.316 e. The molecule has 0 aliphatic carbocycles. The lowest BCUT2D eigenvalue weighted by atomic mass is 10.8. The summed E-state index contributed by atoms with van der Waals surface area (Å²) in [7, 11) is 0. The van der Waals surface area contributed by atoms with Gasteiger partial charge < -0.3 is 4.74 Å². The van der Waals surface area contributed by atoms with Gasteiger partial charge in [0, 0.05) is 13.2 Å². The monoisotopic (exact) mass is 118 g/mol. The first-order valence-electron chi connectivity index (χ1n) is 1.72. The fraction of sp³-hybridized carbons (Fsp3) is 0.500. The number of esters is 1. The van der Waals surface area contributed by atoms with E-state index in [1.54, 1.807) is 6.26 Å². The Bertz CT molecular complexity index is 119. The van der Waals surface area contributed by atoms with Gasteiger partial charge in [-0.25, -0.2) is 0 Å². The third-order valence-electron chi connectivity index (χ3n) is 0.269. The Hall–Kier alpha value is -0.530. The van der Waals surface area contributed by atoms with Gasteiger partial charge in [0.2, 0.25) is 0 Å². The largest absolute Gasteiger partial charge is 0.370 e. The second-order valence-electron chi connectivity index (χ2n) is 0.881. The molecule has 0 aliphatic rings. The Morgan fingerprint density at radius 3 is 2.57 bits per heavy atom. The molecule has 0 atom stereocenters. The molecule has 0 aliphatic heterocycles. The minimum absolute atomic E-state index is 0.325. The number of ether oxygens (including phenoxy) is 1. The van der Waals surface area contributed by atoms with Crippen molar-refractivity contribution in [3.63, 3.8) is 0 Å². The van der Waals surface area contributed by atoms with Gasteiger partial charge in [0.25, 0.3) is 0 Å². The number of carbonyl (C=O) groups is 1. The highest BCUT2D eigenvalue weighted by Gasteiger charge is 1.81. The van der Waals surface area contributed by atoms with Crippen molar-refractivity contribution in [1.29, 1.82) is 0 Å². The summed E-state index contributed by atoms with van der Waals surface area (Å²) < 4.78 is 4.27. The molecule has 2 nitrogen and oxygen atoms in total. The van der Waals surface area contributed by atoms with Crippen LogP contribution in [0.15, 0.2) is 0 Å². The first-order valence-corrected chi connectivity index (χ1v) is 2.95. The van der Waals surface area contributed by atoms with E-state index in [-0.39, 0.29) is 5.97 Å². The minimum atomic E-state index is -0.325. The van der Waals surface area contributed by atoms with E-state index >= 15 is 0 Å². The first kappa shape index (κ1) is 6.47. The van der Waals surface area contributed by atoms with Gasteiger partial charge in [-0.3, -0.25) is 4.79 Å². The van der Waals surface area contributed by atoms with E-state index in [4.69, 9.17) is 0 Å². The van der Waals surface area contributed by atoms with Crippen LogP contribution in [0.3, 0.4) is 0 Å². The molecule has 0 unspecified atom stereocenters. The lowest BCUT2D eigenvalue weighted by Crippen LogP contribution is -1.88. The van der Waals surface area contributed by atoms with Crippen molar-refractivity contribution in [3.8, 4) is 5.37 Å². The highest BCUT2D eigenvalue weighted by Crippen LogP contribution is 1.73. The van der Waals surface area contributed by atoms with E-state index in [9.17, 15) is 4.79 Å². The molecule has 0 fully saturated rings. The molecule has 0 bridgehead atoms. The van der Waals surface area contributed by atoms with Gasteiger partial charge in [0.05, 0.1) is 0 Å². The predicted molar refractivity (Wildman–Crippen MR) is 29.2 cm³/mol. The number of carbonyl (C=O) groups excluding carboxylic acids is 1. The van der Waals surface area contributed by atoms with E-state index < -0.39 is 0 Å². The zero-order valence-electron chi connectivity index (χ0n) is 4.22. The Kier molecular flexibility index (Phi) is 3.38. The quantitative estimate of drug-likeness (QED) is 0.440. The second kappa shape index (κ2) is 3.65. The maximum Gasteiger partial charge on any atom is 0.316 e. The van der Waals surface area contributed by atoms with Crippen LogP contribution in [0.25, 0.3) is 0 Å². The SMILES string of the molecule is CS#COC(C)=O. The van der Waals surface area contributed by atoms with Crippen LogP contribution in [-0.2, 0) is 9.53 Å². The summed E-state index contributed by atoms with van der Waals surface area (Å²) in [5.74, 6) is -0.325. The molecule has 7 heavy (non-hydrogen) atoms. The molecular formula is C4H6O2S. The van der Waals surface area contributed by atoms with Gasteiger partial charge >= 0.3 is 5.97 Å². The van der Waals surface area contributed by atoms with Crippen molar-refractivity contribution in [2.75, 3.05) is 6.26 Å². The summed E-state index contributed by atoms with van der Waals surface area (Å²) in [5.41, 5.74) is 0. The van der Waals surface area contributed by atoms with E-state index in [0.717, 1.165) is 0 Å². The van der Waals surface area contributed by atoms with E-state index in [1.807, 2.05) is 0 Å². The molecule has 0 radical (unpaired) electrons. The zero-order chi connectivity index (χ0) is 5.70. The average molecular weight is 118 g/mol. The third kappa shape index (κ3) is 5.47. The Morgan fingerprint density at radius 2 is 2.43 bits per heavy atom. The summed E-state index contributed by atoms with van der Waals surface area (Å²) in [5, 5.41) is 2.31. The molecule has 0 spiro atoms. The first-order chi connectivity index (χ1) is 3.27. The van der Waals surface area contributed by atoms with Crippen molar-refractivity contribution < 1.29 is 9.53 Å². The van der Waals surface area contributed by atoms with Gasteiger partial charge in [0.15, 0.2) is 0 Å². The van der Waals surface area contributed by atoms with Crippen LogP contribution in [0, 0.1) is 5.37 Å². The molecule has 0 rings (SSSR count). The molecule has 0 amide bonds.